The summed E-state index contributed by atoms with van der Waals surface area (Å²) in [5.41, 5.74) is 24.2. The number of aliphatic hydroxyl groups excluding tert-OH is 3. The first-order valence-corrected chi connectivity index (χ1v) is 33.7. The number of ketones is 2. The lowest BCUT2D eigenvalue weighted by Crippen LogP contribution is -2.62. The fourth-order valence-electron chi connectivity index (χ4n) is 16.3. The predicted molar refractivity (Wildman–Crippen MR) is 342 cm³/mol. The van der Waals surface area contributed by atoms with Crippen molar-refractivity contribution in [2.75, 3.05) is 32.7 Å². The van der Waals surface area contributed by atoms with Gasteiger partial charge in [0.25, 0.3) is 0 Å². The van der Waals surface area contributed by atoms with E-state index in [1.807, 2.05) is 27.7 Å². The Labute approximate surface area is 533 Å². The summed E-state index contributed by atoms with van der Waals surface area (Å²) in [4.78, 5) is 129. The minimum atomic E-state index is -1.25. The molecule has 5 aliphatic rings. The van der Waals surface area contributed by atoms with Crippen LogP contribution in [0.25, 0.3) is 0 Å². The fourth-order valence-corrected chi connectivity index (χ4v) is 16.3. The van der Waals surface area contributed by atoms with Gasteiger partial charge in [-0.3, -0.25) is 43.2 Å². The molecule has 1 aromatic carbocycles. The summed E-state index contributed by atoms with van der Waals surface area (Å²) in [7, 11) is 0. The molecule has 23 heteroatoms. The second-order valence-electron chi connectivity index (χ2n) is 28.5. The Hall–Kier alpha value is -5.43. The third-order valence-electron chi connectivity index (χ3n) is 21.3. The van der Waals surface area contributed by atoms with Gasteiger partial charge in [0.15, 0.2) is 11.6 Å². The number of Topliss-reactive ketones (excluding diaryl/α,β-unsaturated/α-hetero) is 2. The van der Waals surface area contributed by atoms with Crippen molar-refractivity contribution in [1.29, 1.82) is 0 Å². The highest BCUT2D eigenvalue weighted by atomic mass is 16.3. The molecule has 0 unspecified atom stereocenters. The summed E-state index contributed by atoms with van der Waals surface area (Å²) in [6.07, 6.45) is 3.50. The lowest BCUT2D eigenvalue weighted by molar-refractivity contribution is -0.207. The molecule has 5 fully saturated rings. The van der Waals surface area contributed by atoms with Crippen LogP contribution in [0.4, 0.5) is 0 Å². The van der Waals surface area contributed by atoms with Crippen molar-refractivity contribution < 1.29 is 58.5 Å². The van der Waals surface area contributed by atoms with Gasteiger partial charge in [0, 0.05) is 37.6 Å². The van der Waals surface area contributed by atoms with Crippen LogP contribution in [-0.4, -0.2) is 156 Å². The van der Waals surface area contributed by atoms with E-state index in [2.05, 4.69) is 58.0 Å². The van der Waals surface area contributed by atoms with Crippen LogP contribution in [0.15, 0.2) is 30.3 Å². The average Bonchev–Trinajstić information content (AvgIpc) is 1.32. The molecular formula is C67H111N11O12. The standard InChI is InChI=1S/C67H111N11O12/c1-37(2)29-52-62(87)72-28-22-41(32-54(80)48(18-24-68)73-58(84)16-13-39(5)45-14-15-46-59-47(36-57(83)67(45,46)7)66(6)23-17-44(79)34-43(66)35-56(59)82)60(85)74-49(19-25-69)55(81)33-42(31-40-11-9-8-10-12-40)61(86)77-53(30-38(3)4)65(90)76-50(20-26-70)63(88)75-51(21-27-71)64(89)78-52/h8-12,37-39,41-53,56-57,59,79,82-83H,13-36,68-71H2,1-7H3,(H,72,87)(H,73,84)(H,74,85)(H,75,88)(H,76,90)(H,77,86)(H,78,89)/t39-,41-,42+,43+,44-,45-,46+,47+,48-,49+,50+,51+,52+,53+,56-,57+,59+,66+,67-/m1/s1. The molecule has 0 bridgehead atoms. The number of fused-ring (bicyclic) bond motifs is 5. The van der Waals surface area contributed by atoms with Crippen molar-refractivity contribution in [2.24, 2.45) is 92.9 Å². The van der Waals surface area contributed by atoms with Crippen LogP contribution in [-0.2, 0) is 49.6 Å². The maximum absolute atomic E-state index is 14.8. The van der Waals surface area contributed by atoms with Gasteiger partial charge in [-0.2, -0.15) is 0 Å². The summed E-state index contributed by atoms with van der Waals surface area (Å²) in [5.74, 6) is -7.62. The summed E-state index contributed by atoms with van der Waals surface area (Å²) < 4.78 is 0. The zero-order chi connectivity index (χ0) is 66.2. The number of rotatable bonds is 22. The van der Waals surface area contributed by atoms with Gasteiger partial charge >= 0.3 is 0 Å². The van der Waals surface area contributed by atoms with Crippen LogP contribution in [0.2, 0.25) is 0 Å². The Morgan fingerprint density at radius 3 is 1.78 bits per heavy atom. The molecule has 1 heterocycles. The lowest BCUT2D eigenvalue weighted by atomic mass is 9.43. The van der Waals surface area contributed by atoms with Crippen LogP contribution in [0.5, 0.6) is 0 Å². The second kappa shape index (κ2) is 33.9. The van der Waals surface area contributed by atoms with Crippen molar-refractivity contribution in [3.8, 4) is 0 Å². The SMILES string of the molecule is CC(C)C[C@@H]1NC(=O)[C@@H](Cc2ccccc2)CC(=O)[C@H](CCN)NC(=O)[C@@H](CC(=O)[C@@H](CCN)NC(=O)CC[C@@H](C)[C@H]2CC[C@H]3[C@@H]4[C@H](O)C[C@@H]5C[C@H](O)CC[C@]5(C)[C@H]4C[C@H](O)[C@]23C)CCNC(=O)[C@H](CC(C)C)NC(=O)[C@H](CCN)NC(=O)[C@H](CCN)NC1=O. The first kappa shape index (κ1) is 73.6. The van der Waals surface area contributed by atoms with E-state index in [1.165, 1.54) is 0 Å². The first-order chi connectivity index (χ1) is 42.7. The maximum Gasteiger partial charge on any atom is 0.243 e. The zero-order valence-electron chi connectivity index (χ0n) is 54.7. The highest BCUT2D eigenvalue weighted by Crippen LogP contribution is 2.68. The summed E-state index contributed by atoms with van der Waals surface area (Å²) >= 11 is 0. The number of hydrogen-bond acceptors (Lipinski definition) is 16. The van der Waals surface area contributed by atoms with E-state index in [9.17, 15) is 58.5 Å². The van der Waals surface area contributed by atoms with Gasteiger partial charge in [0.2, 0.25) is 41.4 Å². The van der Waals surface area contributed by atoms with Crippen LogP contribution < -0.4 is 60.2 Å². The maximum atomic E-state index is 14.8. The van der Waals surface area contributed by atoms with E-state index in [1.54, 1.807) is 30.3 Å². The Kier molecular flexibility index (Phi) is 27.8. The Morgan fingerprint density at radius 2 is 1.18 bits per heavy atom. The van der Waals surface area contributed by atoms with Crippen LogP contribution in [0.3, 0.4) is 0 Å². The van der Waals surface area contributed by atoms with E-state index >= 15 is 0 Å². The topological polar surface area (TPSA) is 403 Å². The van der Waals surface area contributed by atoms with E-state index in [0.29, 0.717) is 31.2 Å². The van der Waals surface area contributed by atoms with E-state index in [-0.39, 0.29) is 149 Å². The normalized spacial score (nSPS) is 34.3. The quantitative estimate of drug-likeness (QED) is 0.0785. The third kappa shape index (κ3) is 18.9. The van der Waals surface area contributed by atoms with Gasteiger partial charge < -0.3 is 75.5 Å². The van der Waals surface area contributed by atoms with Crippen molar-refractivity contribution in [3.63, 3.8) is 0 Å². The smallest absolute Gasteiger partial charge is 0.243 e. The molecule has 4 aliphatic carbocycles. The molecule has 23 nitrogen and oxygen atoms in total. The van der Waals surface area contributed by atoms with E-state index in [0.717, 1.165) is 25.7 Å². The molecule has 506 valence electrons. The monoisotopic (exact) mass is 1260 g/mol. The molecular weight excluding hydrogens is 1150 g/mol. The molecule has 0 spiro atoms. The minimum Gasteiger partial charge on any atom is -0.393 e. The van der Waals surface area contributed by atoms with Gasteiger partial charge in [-0.1, -0.05) is 78.8 Å². The molecule has 7 amide bonds. The first-order valence-electron chi connectivity index (χ1n) is 33.7. The average molecular weight is 1260 g/mol. The highest BCUT2D eigenvalue weighted by Gasteiger charge is 2.66. The Morgan fingerprint density at radius 1 is 0.622 bits per heavy atom. The number of hydrogen-bond donors (Lipinski definition) is 14. The number of benzene rings is 1. The Balaban J connectivity index is 1.24. The number of amides is 7. The number of carbonyl (C=O) groups excluding carboxylic acids is 9. The zero-order valence-corrected chi connectivity index (χ0v) is 54.7. The number of nitrogens with one attached hydrogen (secondary N) is 7. The van der Waals surface area contributed by atoms with Gasteiger partial charge in [-0.25, -0.2) is 0 Å². The molecule has 0 radical (unpaired) electrons. The Bertz CT molecular complexity index is 2600. The number of aliphatic hydroxyl groups is 3. The van der Waals surface area contributed by atoms with Crippen molar-refractivity contribution >= 4 is 52.9 Å². The number of nitrogens with two attached hydrogens (primary N) is 4. The third-order valence-corrected chi connectivity index (χ3v) is 21.3. The lowest BCUT2D eigenvalue weighted by Gasteiger charge is -2.63. The van der Waals surface area contributed by atoms with Gasteiger partial charge in [0.1, 0.15) is 24.2 Å². The van der Waals surface area contributed by atoms with Crippen molar-refractivity contribution in [1.82, 2.24) is 37.2 Å². The molecule has 1 saturated heterocycles. The molecule has 1 aromatic rings. The van der Waals surface area contributed by atoms with Gasteiger partial charge in [-0.05, 0) is 193 Å². The molecule has 18 N–H and O–H groups in total. The van der Waals surface area contributed by atoms with E-state index < -0.39 is 131 Å². The fraction of sp³-hybridized carbons (Fsp3) is 0.776. The predicted octanol–water partition coefficient (Wildman–Crippen LogP) is 1.67. The molecule has 19 atom stereocenters. The molecule has 0 aromatic heterocycles. The largest absolute Gasteiger partial charge is 0.393 e. The van der Waals surface area contributed by atoms with Crippen LogP contribution >= 0.6 is 0 Å². The number of carbonyl (C=O) groups is 9. The summed E-state index contributed by atoms with van der Waals surface area (Å²) in [5, 5.41) is 54.2. The summed E-state index contributed by atoms with van der Waals surface area (Å²) in [6, 6.07) is 1.77. The van der Waals surface area contributed by atoms with Crippen LogP contribution in [0.1, 0.15) is 170 Å². The van der Waals surface area contributed by atoms with Gasteiger partial charge in [0.05, 0.1) is 30.4 Å². The van der Waals surface area contributed by atoms with E-state index in [4.69, 9.17) is 22.9 Å². The summed E-state index contributed by atoms with van der Waals surface area (Å²) in [6.45, 7) is 13.7. The second-order valence-corrected chi connectivity index (χ2v) is 28.5. The molecule has 1 aliphatic heterocycles. The molecule has 90 heavy (non-hydrogen) atoms. The van der Waals surface area contributed by atoms with Crippen molar-refractivity contribution in [3.05, 3.63) is 35.9 Å². The highest BCUT2D eigenvalue weighted by molar-refractivity contribution is 5.98. The molecule has 4 saturated carbocycles. The minimum absolute atomic E-state index is 0.000404. The van der Waals surface area contributed by atoms with Crippen molar-refractivity contribution in [2.45, 2.75) is 225 Å². The molecule has 6 rings (SSSR count). The van der Waals surface area contributed by atoms with Crippen LogP contribution in [0, 0.1) is 70.0 Å². The van der Waals surface area contributed by atoms with Gasteiger partial charge in [-0.15, -0.1) is 0 Å².